The average molecular weight is 252 g/mol. The fourth-order valence-electron chi connectivity index (χ4n) is 3.58. The molecule has 1 aliphatic heterocycles. The molecule has 3 heteroatoms. The van der Waals surface area contributed by atoms with Crippen molar-refractivity contribution in [2.24, 2.45) is 11.8 Å². The fourth-order valence-corrected chi connectivity index (χ4v) is 3.58. The minimum Gasteiger partial charge on any atom is -0.342 e. The summed E-state index contributed by atoms with van der Waals surface area (Å²) in [6.07, 6.45) is 7.15. The maximum Gasteiger partial charge on any atom is 0.222 e. The average Bonchev–Trinajstić information content (AvgIpc) is 2.94. The van der Waals surface area contributed by atoms with Crippen LogP contribution in [0, 0.1) is 11.8 Å². The van der Waals surface area contributed by atoms with Crippen molar-refractivity contribution < 1.29 is 4.79 Å². The standard InChI is InChI=1S/C15H28N2O/c1-3-12-10-15(18)17(11-12)9-8-13-6-5-7-14(13)16-4-2/h12-14,16H,3-11H2,1-2H3. The second kappa shape index (κ2) is 6.55. The molecule has 1 aliphatic carbocycles. The van der Waals surface area contributed by atoms with Gasteiger partial charge < -0.3 is 10.2 Å². The van der Waals surface area contributed by atoms with E-state index < -0.39 is 0 Å². The molecule has 3 unspecified atom stereocenters. The molecule has 0 radical (unpaired) electrons. The Bertz CT molecular complexity index is 280. The maximum atomic E-state index is 11.9. The number of carbonyl (C=O) groups is 1. The van der Waals surface area contributed by atoms with E-state index in [9.17, 15) is 4.79 Å². The first-order chi connectivity index (χ1) is 8.74. The Morgan fingerprint density at radius 1 is 1.33 bits per heavy atom. The van der Waals surface area contributed by atoms with Crippen molar-refractivity contribution in [3.63, 3.8) is 0 Å². The highest BCUT2D eigenvalue weighted by Crippen LogP contribution is 2.29. The molecule has 1 saturated heterocycles. The molecule has 3 nitrogen and oxygen atoms in total. The van der Waals surface area contributed by atoms with Gasteiger partial charge in [0.2, 0.25) is 5.91 Å². The highest BCUT2D eigenvalue weighted by atomic mass is 16.2. The number of rotatable bonds is 6. The summed E-state index contributed by atoms with van der Waals surface area (Å²) in [6.45, 7) is 7.45. The molecule has 2 fully saturated rings. The lowest BCUT2D eigenvalue weighted by molar-refractivity contribution is -0.127. The van der Waals surface area contributed by atoms with Gasteiger partial charge in [-0.15, -0.1) is 0 Å². The second-order valence-corrected chi connectivity index (χ2v) is 5.96. The van der Waals surface area contributed by atoms with Crippen LogP contribution in [0.15, 0.2) is 0 Å². The van der Waals surface area contributed by atoms with Crippen molar-refractivity contribution in [3.05, 3.63) is 0 Å². The van der Waals surface area contributed by atoms with E-state index in [1.54, 1.807) is 0 Å². The predicted molar refractivity (Wildman–Crippen MR) is 74.4 cm³/mol. The van der Waals surface area contributed by atoms with Crippen molar-refractivity contribution in [1.29, 1.82) is 0 Å². The van der Waals surface area contributed by atoms with Crippen LogP contribution in [-0.4, -0.2) is 36.5 Å². The third-order valence-corrected chi connectivity index (χ3v) is 4.77. The number of hydrogen-bond donors (Lipinski definition) is 1. The van der Waals surface area contributed by atoms with Crippen LogP contribution in [0.4, 0.5) is 0 Å². The molecule has 0 aromatic rings. The van der Waals surface area contributed by atoms with E-state index in [-0.39, 0.29) is 0 Å². The normalized spacial score (nSPS) is 32.4. The smallest absolute Gasteiger partial charge is 0.222 e. The molecule has 1 amide bonds. The van der Waals surface area contributed by atoms with E-state index in [0.717, 1.165) is 38.4 Å². The third-order valence-electron chi connectivity index (χ3n) is 4.77. The van der Waals surface area contributed by atoms with Crippen LogP contribution in [0.5, 0.6) is 0 Å². The number of nitrogens with zero attached hydrogens (tertiary/aromatic N) is 1. The minimum atomic E-state index is 0.389. The number of likely N-dealkylation sites (tertiary alicyclic amines) is 1. The second-order valence-electron chi connectivity index (χ2n) is 5.96. The first kappa shape index (κ1) is 13.9. The molecular formula is C15H28N2O. The van der Waals surface area contributed by atoms with Crippen molar-refractivity contribution in [1.82, 2.24) is 10.2 Å². The molecule has 1 heterocycles. The van der Waals surface area contributed by atoms with Gasteiger partial charge in [0.05, 0.1) is 0 Å². The summed E-state index contributed by atoms with van der Waals surface area (Å²) in [5.74, 6) is 1.80. The van der Waals surface area contributed by atoms with E-state index in [1.807, 2.05) is 0 Å². The molecular weight excluding hydrogens is 224 g/mol. The Morgan fingerprint density at radius 2 is 2.17 bits per heavy atom. The molecule has 18 heavy (non-hydrogen) atoms. The maximum absolute atomic E-state index is 11.9. The highest BCUT2D eigenvalue weighted by molar-refractivity contribution is 5.78. The third kappa shape index (κ3) is 3.25. The Hall–Kier alpha value is -0.570. The topological polar surface area (TPSA) is 32.3 Å². The Balaban J connectivity index is 1.75. The van der Waals surface area contributed by atoms with Crippen molar-refractivity contribution in [2.75, 3.05) is 19.6 Å². The Morgan fingerprint density at radius 3 is 2.83 bits per heavy atom. The molecule has 0 aromatic heterocycles. The van der Waals surface area contributed by atoms with Crippen LogP contribution in [0.25, 0.3) is 0 Å². The SMILES string of the molecule is CCNC1CCCC1CCN1CC(CC)CC1=O. The van der Waals surface area contributed by atoms with Crippen molar-refractivity contribution in [3.8, 4) is 0 Å². The van der Waals surface area contributed by atoms with E-state index in [0.29, 0.717) is 17.9 Å². The Labute approximate surface area is 111 Å². The van der Waals surface area contributed by atoms with Crippen LogP contribution < -0.4 is 5.32 Å². The van der Waals surface area contributed by atoms with Crippen LogP contribution in [0.3, 0.4) is 0 Å². The van der Waals surface area contributed by atoms with Gasteiger partial charge >= 0.3 is 0 Å². The number of hydrogen-bond acceptors (Lipinski definition) is 2. The quantitative estimate of drug-likeness (QED) is 0.787. The van der Waals surface area contributed by atoms with Gasteiger partial charge in [-0.3, -0.25) is 4.79 Å². The molecule has 2 rings (SSSR count). The zero-order valence-electron chi connectivity index (χ0n) is 12.0. The molecule has 104 valence electrons. The van der Waals surface area contributed by atoms with Gasteiger partial charge in [0.15, 0.2) is 0 Å². The molecule has 2 aliphatic rings. The molecule has 1 saturated carbocycles. The molecule has 0 spiro atoms. The lowest BCUT2D eigenvalue weighted by Gasteiger charge is -2.23. The first-order valence-corrected chi connectivity index (χ1v) is 7.75. The van der Waals surface area contributed by atoms with Gasteiger partial charge in [-0.2, -0.15) is 0 Å². The zero-order chi connectivity index (χ0) is 13.0. The van der Waals surface area contributed by atoms with Gasteiger partial charge in [-0.1, -0.05) is 26.7 Å². The van der Waals surface area contributed by atoms with E-state index >= 15 is 0 Å². The summed E-state index contributed by atoms with van der Waals surface area (Å²) in [4.78, 5) is 14.0. The van der Waals surface area contributed by atoms with Gasteiger partial charge in [-0.25, -0.2) is 0 Å². The van der Waals surface area contributed by atoms with Crippen molar-refractivity contribution in [2.45, 2.75) is 58.4 Å². The fraction of sp³-hybridized carbons (Fsp3) is 0.933. The summed E-state index contributed by atoms with van der Waals surface area (Å²) < 4.78 is 0. The predicted octanol–water partition coefficient (Wildman–Crippen LogP) is 2.41. The van der Waals surface area contributed by atoms with Gasteiger partial charge in [0.1, 0.15) is 0 Å². The molecule has 0 aromatic carbocycles. The monoisotopic (exact) mass is 252 g/mol. The highest BCUT2D eigenvalue weighted by Gasteiger charge is 2.31. The van der Waals surface area contributed by atoms with Gasteiger partial charge in [0, 0.05) is 25.6 Å². The van der Waals surface area contributed by atoms with Crippen LogP contribution in [0.2, 0.25) is 0 Å². The Kier molecular flexibility index (Phi) is 5.04. The molecule has 1 N–H and O–H groups in total. The summed E-state index contributed by atoms with van der Waals surface area (Å²) in [6, 6.07) is 0.703. The van der Waals surface area contributed by atoms with Crippen molar-refractivity contribution >= 4 is 5.91 Å². The van der Waals surface area contributed by atoms with Crippen LogP contribution >= 0.6 is 0 Å². The van der Waals surface area contributed by atoms with Crippen LogP contribution in [-0.2, 0) is 4.79 Å². The summed E-state index contributed by atoms with van der Waals surface area (Å²) >= 11 is 0. The number of nitrogens with one attached hydrogen (secondary N) is 1. The lowest BCUT2D eigenvalue weighted by Crippen LogP contribution is -2.35. The summed E-state index contributed by atoms with van der Waals surface area (Å²) in [5, 5.41) is 3.60. The van der Waals surface area contributed by atoms with Crippen LogP contribution in [0.1, 0.15) is 52.4 Å². The van der Waals surface area contributed by atoms with E-state index in [2.05, 4.69) is 24.1 Å². The summed E-state index contributed by atoms with van der Waals surface area (Å²) in [7, 11) is 0. The first-order valence-electron chi connectivity index (χ1n) is 7.75. The van der Waals surface area contributed by atoms with E-state index in [4.69, 9.17) is 0 Å². The zero-order valence-corrected chi connectivity index (χ0v) is 12.0. The summed E-state index contributed by atoms with van der Waals surface area (Å²) in [5.41, 5.74) is 0. The molecule has 0 bridgehead atoms. The largest absolute Gasteiger partial charge is 0.342 e. The minimum absolute atomic E-state index is 0.389. The lowest BCUT2D eigenvalue weighted by atomic mass is 9.99. The van der Waals surface area contributed by atoms with E-state index in [1.165, 1.54) is 25.7 Å². The van der Waals surface area contributed by atoms with Gasteiger partial charge in [-0.05, 0) is 37.6 Å². The number of carbonyl (C=O) groups excluding carboxylic acids is 1. The van der Waals surface area contributed by atoms with Gasteiger partial charge in [0.25, 0.3) is 0 Å². The molecule has 3 atom stereocenters. The number of amides is 1.